The van der Waals surface area contributed by atoms with Crippen molar-refractivity contribution in [3.63, 3.8) is 0 Å². The molecule has 2 aliphatic heterocycles. The van der Waals surface area contributed by atoms with Crippen LogP contribution in [0.25, 0.3) is 0 Å². The van der Waals surface area contributed by atoms with Crippen molar-refractivity contribution in [2.45, 2.75) is 69.1 Å². The van der Waals surface area contributed by atoms with Gasteiger partial charge in [-0.15, -0.1) is 0 Å². The van der Waals surface area contributed by atoms with E-state index in [0.29, 0.717) is 30.3 Å². The van der Waals surface area contributed by atoms with Crippen LogP contribution in [0.5, 0.6) is 0 Å². The summed E-state index contributed by atoms with van der Waals surface area (Å²) in [5, 5.41) is 49.9. The van der Waals surface area contributed by atoms with Gasteiger partial charge in [0.1, 0.15) is 36.8 Å². The van der Waals surface area contributed by atoms with Crippen LogP contribution in [0.2, 0.25) is 0 Å². The zero-order valence-electron chi connectivity index (χ0n) is 17.2. The molecule has 0 amide bonds. The highest BCUT2D eigenvalue weighted by Gasteiger charge is 2.46. The van der Waals surface area contributed by atoms with E-state index >= 15 is 0 Å². The van der Waals surface area contributed by atoms with Crippen LogP contribution >= 0.6 is 0 Å². The lowest BCUT2D eigenvalue weighted by atomic mass is 9.82. The smallest absolute Gasteiger partial charge is 0.309 e. The summed E-state index contributed by atoms with van der Waals surface area (Å²) in [7, 11) is 0. The molecule has 10 heteroatoms. The summed E-state index contributed by atoms with van der Waals surface area (Å²) in [4.78, 5) is 23.5. The fraction of sp³-hybridized carbons (Fsp3) is 0.714. The summed E-state index contributed by atoms with van der Waals surface area (Å²) in [6.45, 7) is 1.05. The number of carbonyl (C=O) groups is 2. The molecule has 0 aromatic rings. The number of rotatable bonds is 5. The second-order valence-electron chi connectivity index (χ2n) is 8.31. The Bertz CT molecular complexity index is 717. The molecule has 0 aromatic heterocycles. The highest BCUT2D eigenvalue weighted by molar-refractivity contribution is 5.76. The summed E-state index contributed by atoms with van der Waals surface area (Å²) in [6.07, 6.45) is -3.39. The minimum atomic E-state index is -1.55. The van der Waals surface area contributed by atoms with Gasteiger partial charge in [0.25, 0.3) is 0 Å². The third-order valence-corrected chi connectivity index (χ3v) is 6.17. The number of allylic oxidation sites excluding steroid dienone is 1. The van der Waals surface area contributed by atoms with E-state index < -0.39 is 67.3 Å². The van der Waals surface area contributed by atoms with Gasteiger partial charge in [-0.2, -0.15) is 0 Å². The summed E-state index contributed by atoms with van der Waals surface area (Å²) < 4.78 is 16.4. The Morgan fingerprint density at radius 3 is 2.61 bits per heavy atom. The van der Waals surface area contributed by atoms with Gasteiger partial charge >= 0.3 is 5.97 Å². The second kappa shape index (κ2) is 10.3. The molecule has 10 nitrogen and oxygen atoms in total. The Balaban J connectivity index is 1.77. The Morgan fingerprint density at radius 1 is 1.19 bits per heavy atom. The van der Waals surface area contributed by atoms with Crippen LogP contribution in [0.15, 0.2) is 23.3 Å². The van der Waals surface area contributed by atoms with E-state index in [4.69, 9.17) is 14.2 Å². The van der Waals surface area contributed by atoms with E-state index in [9.17, 15) is 35.1 Å². The molecule has 2 saturated heterocycles. The molecule has 0 aromatic carbocycles. The Morgan fingerprint density at radius 2 is 1.94 bits per heavy atom. The average molecular weight is 442 g/mol. The summed E-state index contributed by atoms with van der Waals surface area (Å²) in [5.74, 6) is -1.51. The number of aliphatic hydroxyl groups excluding tert-OH is 5. The molecular formula is C21H30O10. The minimum Gasteiger partial charge on any atom is -0.457 e. The monoisotopic (exact) mass is 442 g/mol. The predicted octanol–water partition coefficient (Wildman–Crippen LogP) is -1.42. The van der Waals surface area contributed by atoms with Crippen LogP contribution in [0.4, 0.5) is 0 Å². The Labute approximate surface area is 179 Å². The zero-order chi connectivity index (χ0) is 22.7. The van der Waals surface area contributed by atoms with Crippen LogP contribution in [0, 0.1) is 11.8 Å². The third kappa shape index (κ3) is 5.23. The fourth-order valence-electron chi connectivity index (χ4n) is 4.29. The number of esters is 1. The van der Waals surface area contributed by atoms with Gasteiger partial charge in [0.2, 0.25) is 0 Å². The normalized spacial score (nSPS) is 45.0. The van der Waals surface area contributed by atoms with Crippen LogP contribution in [-0.4, -0.2) is 93.9 Å². The van der Waals surface area contributed by atoms with Gasteiger partial charge in [-0.05, 0) is 30.1 Å². The van der Waals surface area contributed by atoms with Crippen molar-refractivity contribution in [2.24, 2.45) is 11.8 Å². The van der Waals surface area contributed by atoms with E-state index in [1.54, 1.807) is 19.1 Å². The van der Waals surface area contributed by atoms with Gasteiger partial charge in [-0.1, -0.05) is 13.0 Å². The lowest BCUT2D eigenvalue weighted by molar-refractivity contribution is -0.299. The minimum absolute atomic E-state index is 0.0573. The average Bonchev–Trinajstić information content (AvgIpc) is 3.03. The molecule has 2 heterocycles. The molecule has 174 valence electrons. The molecule has 0 unspecified atom stereocenters. The number of ether oxygens (including phenoxy) is 3. The largest absolute Gasteiger partial charge is 0.457 e. The van der Waals surface area contributed by atoms with Crippen molar-refractivity contribution < 1.29 is 49.3 Å². The first kappa shape index (κ1) is 24.0. The van der Waals surface area contributed by atoms with Gasteiger partial charge in [0.05, 0.1) is 25.2 Å². The van der Waals surface area contributed by atoms with Crippen molar-refractivity contribution in [1.29, 1.82) is 0 Å². The zero-order valence-corrected chi connectivity index (χ0v) is 17.2. The van der Waals surface area contributed by atoms with Gasteiger partial charge in [-0.25, -0.2) is 0 Å². The number of hydrogen-bond acceptors (Lipinski definition) is 10. The Hall–Kier alpha value is -1.66. The lowest BCUT2D eigenvalue weighted by Crippen LogP contribution is -2.59. The number of carbonyl (C=O) groups excluding carboxylic acids is 2. The summed E-state index contributed by atoms with van der Waals surface area (Å²) in [6, 6.07) is 0. The Kier molecular flexibility index (Phi) is 7.98. The highest BCUT2D eigenvalue weighted by Crippen LogP contribution is 2.35. The molecule has 3 aliphatic rings. The van der Waals surface area contributed by atoms with E-state index in [2.05, 4.69) is 0 Å². The number of aliphatic hydroxyl groups is 5. The van der Waals surface area contributed by atoms with Crippen LogP contribution in [-0.2, 0) is 23.8 Å². The first-order valence-electron chi connectivity index (χ1n) is 10.4. The van der Waals surface area contributed by atoms with Gasteiger partial charge < -0.3 is 39.7 Å². The van der Waals surface area contributed by atoms with Crippen LogP contribution < -0.4 is 0 Å². The van der Waals surface area contributed by atoms with Crippen LogP contribution in [0.3, 0.4) is 0 Å². The maximum absolute atomic E-state index is 12.1. The molecule has 0 radical (unpaired) electrons. The third-order valence-electron chi connectivity index (χ3n) is 6.17. The van der Waals surface area contributed by atoms with E-state index in [1.807, 2.05) is 0 Å². The molecular weight excluding hydrogens is 412 g/mol. The van der Waals surface area contributed by atoms with Gasteiger partial charge in [0.15, 0.2) is 6.29 Å². The first-order chi connectivity index (χ1) is 14.8. The number of fused-ring (bicyclic) bond motifs is 1. The van der Waals surface area contributed by atoms with E-state index in [-0.39, 0.29) is 13.0 Å². The van der Waals surface area contributed by atoms with E-state index in [1.165, 1.54) is 0 Å². The van der Waals surface area contributed by atoms with Gasteiger partial charge in [-0.3, -0.25) is 9.59 Å². The standard InChI is InChI=1S/C21H30O10/c1-10-16-13(24)5-11(7-22)3-2-4-12(6-14(16)30-20(10)28)9-29-21-19(27)18(26)17(25)15(8-23)31-21/h3,6-7,10,13-19,21,23-27H,2,4-5,8-9H2,1H3/b11-3-,12-6-/t10-,13-,14-,15+,16+,17+,18-,19+,21+/m0/s1. The maximum atomic E-state index is 12.1. The molecule has 9 atom stereocenters. The summed E-state index contributed by atoms with van der Waals surface area (Å²) >= 11 is 0. The number of hydrogen-bond donors (Lipinski definition) is 5. The van der Waals surface area contributed by atoms with Gasteiger partial charge in [0, 0.05) is 12.3 Å². The topological polar surface area (TPSA) is 163 Å². The quantitative estimate of drug-likeness (QED) is 0.194. The summed E-state index contributed by atoms with van der Waals surface area (Å²) in [5.41, 5.74) is 1.12. The maximum Gasteiger partial charge on any atom is 0.309 e. The van der Waals surface area contributed by atoms with Crippen molar-refractivity contribution in [3.05, 3.63) is 23.3 Å². The van der Waals surface area contributed by atoms with Crippen molar-refractivity contribution in [2.75, 3.05) is 13.2 Å². The number of aldehydes is 1. The molecule has 3 rings (SSSR count). The molecule has 0 saturated carbocycles. The van der Waals surface area contributed by atoms with Crippen molar-refractivity contribution in [1.82, 2.24) is 0 Å². The van der Waals surface area contributed by atoms with Crippen molar-refractivity contribution in [3.8, 4) is 0 Å². The molecule has 0 spiro atoms. The highest BCUT2D eigenvalue weighted by atomic mass is 16.7. The molecule has 1 aliphatic carbocycles. The molecule has 0 bridgehead atoms. The SMILES string of the molecule is C[C@@H]1C(=O)O[C@H]2/C=C(\CO[C@@H]3O[C@H](CO)[C@@H](O)[C@H](O)[C@H]3O)CC/C=C(\C=O)C[C@H](O)[C@H]21. The molecule has 31 heavy (non-hydrogen) atoms. The molecule has 2 fully saturated rings. The lowest BCUT2D eigenvalue weighted by Gasteiger charge is -2.39. The second-order valence-corrected chi connectivity index (χ2v) is 8.31. The fourth-order valence-corrected chi connectivity index (χ4v) is 4.29. The predicted molar refractivity (Wildman–Crippen MR) is 104 cm³/mol. The first-order valence-corrected chi connectivity index (χ1v) is 10.4. The van der Waals surface area contributed by atoms with Crippen molar-refractivity contribution >= 4 is 12.3 Å². The van der Waals surface area contributed by atoms with E-state index in [0.717, 1.165) is 0 Å². The molecule has 5 N–H and O–H groups in total. The van der Waals surface area contributed by atoms with Crippen LogP contribution in [0.1, 0.15) is 26.2 Å².